The van der Waals surface area contributed by atoms with Crippen LogP contribution < -0.4 is 0 Å². The molecule has 0 spiro atoms. The second kappa shape index (κ2) is 6.17. The number of rotatable bonds is 4. The highest BCUT2D eigenvalue weighted by Crippen LogP contribution is 2.39. The summed E-state index contributed by atoms with van der Waals surface area (Å²) < 4.78 is 2.05. The zero-order chi connectivity index (χ0) is 16.4. The summed E-state index contributed by atoms with van der Waals surface area (Å²) in [6.45, 7) is 4.57. The predicted molar refractivity (Wildman–Crippen MR) is 99.9 cm³/mol. The quantitative estimate of drug-likeness (QED) is 0.455. The Morgan fingerprint density at radius 1 is 0.750 bits per heavy atom. The van der Waals surface area contributed by atoms with Gasteiger partial charge in [-0.25, -0.2) is 0 Å². The van der Waals surface area contributed by atoms with E-state index in [9.17, 15) is 0 Å². The molecule has 0 saturated carbocycles. The molecule has 1 aliphatic carbocycles. The van der Waals surface area contributed by atoms with Crippen LogP contribution in [0.25, 0.3) is 33.6 Å². The lowest BCUT2D eigenvalue weighted by Gasteiger charge is -2.19. The molecular formula is C22H18N2. The molecule has 0 aromatic heterocycles. The summed E-state index contributed by atoms with van der Waals surface area (Å²) in [5.74, 6) is 0. The van der Waals surface area contributed by atoms with E-state index in [1.54, 1.807) is 0 Å². The summed E-state index contributed by atoms with van der Waals surface area (Å²) in [4.78, 5) is 0. The number of fused-ring (bicyclic) bond motifs is 1. The molecule has 4 rings (SSSR count). The van der Waals surface area contributed by atoms with Crippen molar-refractivity contribution < 1.29 is 0 Å². The van der Waals surface area contributed by atoms with Gasteiger partial charge in [-0.05, 0) is 0 Å². The Morgan fingerprint density at radius 3 is 2.04 bits per heavy atom. The van der Waals surface area contributed by atoms with Gasteiger partial charge in [0.1, 0.15) is 0 Å². The Hall–Kier alpha value is -3.13. The maximum Gasteiger partial charge on any atom is 0.0987 e. The fourth-order valence-corrected chi connectivity index (χ4v) is 3.16. The van der Waals surface area contributed by atoms with Gasteiger partial charge < -0.3 is 0 Å². The highest BCUT2D eigenvalue weighted by molar-refractivity contribution is 5.90. The number of nitrogens with zero attached hydrogens (tertiary/aromatic N) is 2. The molecule has 2 aliphatic rings. The van der Waals surface area contributed by atoms with E-state index >= 15 is 0 Å². The SMILES string of the molecule is C=CCn1nc(-c2ccccc2)c2cccc-2c1-c1ccccc1. The first kappa shape index (κ1) is 14.5. The average Bonchev–Trinajstić information content (AvgIpc) is 3.12. The van der Waals surface area contributed by atoms with Crippen molar-refractivity contribution in [2.45, 2.75) is 6.54 Å². The largest absolute Gasteiger partial charge is 0.260 e. The van der Waals surface area contributed by atoms with E-state index in [-0.39, 0.29) is 0 Å². The standard InChI is InChI=1S/C22H18N2/c1-2-16-24-22(18-12-7-4-8-13-18)20-15-9-14-19(20)21(23-24)17-10-5-3-6-11-17/h2-15H,1,16H2. The molecule has 0 unspecified atom stereocenters. The van der Waals surface area contributed by atoms with E-state index < -0.39 is 0 Å². The van der Waals surface area contributed by atoms with E-state index in [0.29, 0.717) is 6.54 Å². The van der Waals surface area contributed by atoms with Crippen molar-refractivity contribution in [1.29, 1.82) is 0 Å². The van der Waals surface area contributed by atoms with Crippen LogP contribution in [0.1, 0.15) is 0 Å². The number of benzene rings is 2. The van der Waals surface area contributed by atoms with Crippen molar-refractivity contribution >= 4 is 0 Å². The van der Waals surface area contributed by atoms with Gasteiger partial charge in [-0.2, -0.15) is 5.10 Å². The van der Waals surface area contributed by atoms with Crippen LogP contribution in [0.2, 0.25) is 0 Å². The molecule has 24 heavy (non-hydrogen) atoms. The normalized spacial score (nSPS) is 10.8. The Balaban J connectivity index is 2.02. The second-order valence-corrected chi connectivity index (χ2v) is 5.75. The first-order valence-electron chi connectivity index (χ1n) is 8.10. The first-order chi connectivity index (χ1) is 11.9. The molecular weight excluding hydrogens is 292 g/mol. The maximum atomic E-state index is 4.95. The van der Waals surface area contributed by atoms with Gasteiger partial charge in [0, 0.05) is 22.3 Å². The minimum Gasteiger partial charge on any atom is -0.260 e. The summed E-state index contributed by atoms with van der Waals surface area (Å²) in [5.41, 5.74) is 6.85. The summed E-state index contributed by atoms with van der Waals surface area (Å²) >= 11 is 0. The van der Waals surface area contributed by atoms with Crippen molar-refractivity contribution in [3.8, 4) is 33.6 Å². The lowest BCUT2D eigenvalue weighted by Crippen LogP contribution is -2.10. The second-order valence-electron chi connectivity index (χ2n) is 5.75. The average molecular weight is 310 g/mol. The van der Waals surface area contributed by atoms with Crippen LogP contribution in [0.15, 0.2) is 91.5 Å². The molecule has 2 heteroatoms. The molecule has 0 N–H and O–H groups in total. The third-order valence-corrected chi connectivity index (χ3v) is 4.20. The molecule has 2 nitrogen and oxygen atoms in total. The third-order valence-electron chi connectivity index (χ3n) is 4.20. The van der Waals surface area contributed by atoms with Crippen LogP contribution in [-0.2, 0) is 6.54 Å². The molecule has 0 amide bonds. The van der Waals surface area contributed by atoms with Crippen LogP contribution in [0.5, 0.6) is 0 Å². The molecule has 0 saturated heterocycles. The lowest BCUT2D eigenvalue weighted by molar-refractivity contribution is 0.694. The minimum atomic E-state index is 0.672. The highest BCUT2D eigenvalue weighted by atomic mass is 15.3. The predicted octanol–water partition coefficient (Wildman–Crippen LogP) is 5.51. The maximum absolute atomic E-state index is 4.95. The minimum absolute atomic E-state index is 0.672. The van der Waals surface area contributed by atoms with E-state index in [1.807, 2.05) is 22.9 Å². The van der Waals surface area contributed by atoms with E-state index in [1.165, 1.54) is 16.7 Å². The molecule has 116 valence electrons. The zero-order valence-electron chi connectivity index (χ0n) is 13.4. The van der Waals surface area contributed by atoms with Crippen molar-refractivity contribution in [2.75, 3.05) is 0 Å². The fraction of sp³-hybridized carbons (Fsp3) is 0.0455. The third kappa shape index (κ3) is 2.42. The molecule has 1 aliphatic heterocycles. The van der Waals surface area contributed by atoms with Crippen LogP contribution in [-0.4, -0.2) is 9.78 Å². The van der Waals surface area contributed by atoms with Gasteiger partial charge in [0.25, 0.3) is 0 Å². The summed E-state index contributed by atoms with van der Waals surface area (Å²) in [5, 5.41) is 4.95. The van der Waals surface area contributed by atoms with Gasteiger partial charge in [0.05, 0.1) is 17.9 Å². The molecule has 0 atom stereocenters. The van der Waals surface area contributed by atoms with Gasteiger partial charge in [0.2, 0.25) is 0 Å². The van der Waals surface area contributed by atoms with Gasteiger partial charge in [-0.3, -0.25) is 4.68 Å². The molecule has 2 aromatic carbocycles. The summed E-state index contributed by atoms with van der Waals surface area (Å²) in [6, 6.07) is 27.2. The Kier molecular flexibility index (Phi) is 3.72. The number of allylic oxidation sites excluding steroid dienone is 1. The van der Waals surface area contributed by atoms with E-state index in [4.69, 9.17) is 5.10 Å². The lowest BCUT2D eigenvalue weighted by atomic mass is 9.98. The molecule has 1 heterocycles. The van der Waals surface area contributed by atoms with E-state index in [2.05, 4.69) is 73.3 Å². The van der Waals surface area contributed by atoms with Crippen molar-refractivity contribution in [3.63, 3.8) is 0 Å². The fourth-order valence-electron chi connectivity index (χ4n) is 3.16. The van der Waals surface area contributed by atoms with Crippen LogP contribution in [0.4, 0.5) is 0 Å². The number of aromatic nitrogens is 2. The topological polar surface area (TPSA) is 17.8 Å². The Labute approximate surface area is 142 Å². The number of hydrogen-bond donors (Lipinski definition) is 0. The first-order valence-corrected chi connectivity index (χ1v) is 8.10. The molecule has 0 radical (unpaired) electrons. The van der Waals surface area contributed by atoms with Gasteiger partial charge in [0.15, 0.2) is 0 Å². The van der Waals surface area contributed by atoms with Crippen molar-refractivity contribution in [3.05, 3.63) is 91.5 Å². The van der Waals surface area contributed by atoms with Gasteiger partial charge in [-0.1, -0.05) is 84.9 Å². The van der Waals surface area contributed by atoms with Gasteiger partial charge >= 0.3 is 0 Å². The van der Waals surface area contributed by atoms with E-state index in [0.717, 1.165) is 17.0 Å². The molecule has 0 fully saturated rings. The number of hydrogen-bond acceptors (Lipinski definition) is 1. The van der Waals surface area contributed by atoms with Crippen molar-refractivity contribution in [1.82, 2.24) is 9.78 Å². The van der Waals surface area contributed by atoms with Crippen molar-refractivity contribution in [2.24, 2.45) is 0 Å². The molecule has 2 aromatic rings. The van der Waals surface area contributed by atoms with Crippen LogP contribution in [0, 0.1) is 0 Å². The zero-order valence-corrected chi connectivity index (χ0v) is 13.4. The van der Waals surface area contributed by atoms with Crippen LogP contribution in [0.3, 0.4) is 0 Å². The van der Waals surface area contributed by atoms with Gasteiger partial charge in [-0.15, -0.1) is 6.58 Å². The molecule has 0 bridgehead atoms. The Bertz CT molecular complexity index is 936. The van der Waals surface area contributed by atoms with Crippen LogP contribution >= 0.6 is 0 Å². The summed E-state index contributed by atoms with van der Waals surface area (Å²) in [7, 11) is 0. The smallest absolute Gasteiger partial charge is 0.0987 e. The Morgan fingerprint density at radius 2 is 1.38 bits per heavy atom. The highest BCUT2D eigenvalue weighted by Gasteiger charge is 2.19. The monoisotopic (exact) mass is 310 g/mol. The summed E-state index contributed by atoms with van der Waals surface area (Å²) in [6.07, 6.45) is 1.89.